The molecule has 1 amide bonds. The van der Waals surface area contributed by atoms with Crippen LogP contribution in [0.2, 0.25) is 0 Å². The van der Waals surface area contributed by atoms with E-state index in [1.54, 1.807) is 13.8 Å². The first-order chi connectivity index (χ1) is 9.41. The topological polar surface area (TPSA) is 66.4 Å². The van der Waals surface area contributed by atoms with Gasteiger partial charge in [0, 0.05) is 4.70 Å². The fourth-order valence-electron chi connectivity index (χ4n) is 2.11. The van der Waals surface area contributed by atoms with Crippen LogP contribution in [0.4, 0.5) is 0 Å². The van der Waals surface area contributed by atoms with Gasteiger partial charge in [-0.15, -0.1) is 11.3 Å². The number of carbonyl (C=O) groups excluding carboxylic acids is 1. The third kappa shape index (κ3) is 2.67. The summed E-state index contributed by atoms with van der Waals surface area (Å²) in [5.41, 5.74) is 0.899. The molecule has 0 aliphatic heterocycles. The van der Waals surface area contributed by atoms with Crippen molar-refractivity contribution >= 4 is 33.3 Å². The molecule has 2 aromatic rings. The van der Waals surface area contributed by atoms with E-state index in [0.29, 0.717) is 4.88 Å². The number of rotatable bonds is 4. The fourth-order valence-corrected chi connectivity index (χ4v) is 3.22. The Labute approximate surface area is 121 Å². The second kappa shape index (κ2) is 5.63. The van der Waals surface area contributed by atoms with Crippen LogP contribution in [0.1, 0.15) is 29.1 Å². The molecule has 1 atom stereocenters. The van der Waals surface area contributed by atoms with Crippen LogP contribution in [0.15, 0.2) is 24.3 Å². The molecule has 0 aliphatic rings. The molecule has 0 saturated heterocycles. The zero-order valence-corrected chi connectivity index (χ0v) is 12.5. The van der Waals surface area contributed by atoms with Crippen molar-refractivity contribution in [1.82, 2.24) is 5.32 Å². The van der Waals surface area contributed by atoms with Crippen LogP contribution in [-0.4, -0.2) is 23.0 Å². The highest BCUT2D eigenvalue weighted by atomic mass is 32.1. The molecular weight excluding hydrogens is 274 g/mol. The molecule has 0 fully saturated rings. The Balaban J connectivity index is 2.32. The number of amides is 1. The number of fused-ring (bicyclic) bond motifs is 1. The third-order valence-corrected chi connectivity index (χ3v) is 4.54. The van der Waals surface area contributed by atoms with Crippen LogP contribution in [0, 0.1) is 12.8 Å². The average molecular weight is 291 g/mol. The van der Waals surface area contributed by atoms with Gasteiger partial charge in [0.2, 0.25) is 0 Å². The number of hydrogen-bond donors (Lipinski definition) is 2. The minimum absolute atomic E-state index is 0.161. The van der Waals surface area contributed by atoms with Crippen molar-refractivity contribution in [1.29, 1.82) is 0 Å². The predicted molar refractivity (Wildman–Crippen MR) is 80.3 cm³/mol. The van der Waals surface area contributed by atoms with Crippen molar-refractivity contribution in [2.75, 3.05) is 0 Å². The molecule has 1 aromatic carbocycles. The molecule has 0 aliphatic carbocycles. The zero-order chi connectivity index (χ0) is 14.9. The van der Waals surface area contributed by atoms with Crippen LogP contribution in [0.5, 0.6) is 0 Å². The molecule has 0 spiro atoms. The molecule has 20 heavy (non-hydrogen) atoms. The van der Waals surface area contributed by atoms with Gasteiger partial charge in [0.05, 0.1) is 4.88 Å². The van der Waals surface area contributed by atoms with Crippen molar-refractivity contribution in [2.24, 2.45) is 5.92 Å². The lowest BCUT2D eigenvalue weighted by molar-refractivity contribution is -0.140. The maximum atomic E-state index is 12.3. The second-order valence-corrected chi connectivity index (χ2v) is 6.14. The summed E-state index contributed by atoms with van der Waals surface area (Å²) in [5, 5.41) is 12.8. The summed E-state index contributed by atoms with van der Waals surface area (Å²) in [6, 6.07) is 6.91. The minimum Gasteiger partial charge on any atom is -0.480 e. The molecule has 1 aromatic heterocycles. The number of aryl methyl sites for hydroxylation is 1. The molecule has 5 heteroatoms. The van der Waals surface area contributed by atoms with Crippen molar-refractivity contribution in [2.45, 2.75) is 26.8 Å². The van der Waals surface area contributed by atoms with Gasteiger partial charge < -0.3 is 10.4 Å². The average Bonchev–Trinajstić information content (AvgIpc) is 2.73. The number of thiophene rings is 1. The zero-order valence-electron chi connectivity index (χ0n) is 11.6. The first-order valence-corrected chi connectivity index (χ1v) is 7.25. The highest BCUT2D eigenvalue weighted by Crippen LogP contribution is 2.30. The lowest BCUT2D eigenvalue weighted by atomic mass is 10.0. The van der Waals surface area contributed by atoms with Gasteiger partial charge in [0.25, 0.3) is 5.91 Å². The molecule has 0 bridgehead atoms. The lowest BCUT2D eigenvalue weighted by Gasteiger charge is -2.17. The third-order valence-electron chi connectivity index (χ3n) is 3.27. The summed E-state index contributed by atoms with van der Waals surface area (Å²) >= 11 is 1.39. The maximum absolute atomic E-state index is 12.3. The number of hydrogen-bond acceptors (Lipinski definition) is 3. The van der Waals surface area contributed by atoms with Gasteiger partial charge in [-0.05, 0) is 29.9 Å². The quantitative estimate of drug-likeness (QED) is 0.910. The molecule has 0 unspecified atom stereocenters. The molecule has 106 valence electrons. The minimum atomic E-state index is -1.01. The molecule has 2 rings (SSSR count). The van der Waals surface area contributed by atoms with Crippen molar-refractivity contribution in [3.05, 3.63) is 34.7 Å². The van der Waals surface area contributed by atoms with Crippen LogP contribution in [0.25, 0.3) is 10.1 Å². The van der Waals surface area contributed by atoms with Gasteiger partial charge in [-0.2, -0.15) is 0 Å². The van der Waals surface area contributed by atoms with E-state index in [1.165, 1.54) is 11.3 Å². The van der Waals surface area contributed by atoms with E-state index >= 15 is 0 Å². The van der Waals surface area contributed by atoms with Gasteiger partial charge in [0.15, 0.2) is 0 Å². The fraction of sp³-hybridized carbons (Fsp3) is 0.333. The van der Waals surface area contributed by atoms with Gasteiger partial charge in [-0.1, -0.05) is 32.0 Å². The van der Waals surface area contributed by atoms with Gasteiger partial charge in [-0.3, -0.25) is 4.79 Å². The Morgan fingerprint density at radius 3 is 2.45 bits per heavy atom. The van der Waals surface area contributed by atoms with E-state index in [0.717, 1.165) is 15.6 Å². The summed E-state index contributed by atoms with van der Waals surface area (Å²) in [5.74, 6) is -1.48. The predicted octanol–water partition coefficient (Wildman–Crippen LogP) is 3.05. The standard InChI is InChI=1S/C15H17NO3S/c1-8(2)12(15(18)19)16-14(17)13-9(3)10-6-4-5-7-11(10)20-13/h4-8,12H,1-3H3,(H,16,17)(H,18,19)/t12-/m1/s1. The van der Waals surface area contributed by atoms with E-state index in [9.17, 15) is 9.59 Å². The van der Waals surface area contributed by atoms with E-state index < -0.39 is 12.0 Å². The molecule has 0 saturated carbocycles. The van der Waals surface area contributed by atoms with E-state index in [2.05, 4.69) is 5.32 Å². The van der Waals surface area contributed by atoms with Crippen molar-refractivity contribution < 1.29 is 14.7 Å². The van der Waals surface area contributed by atoms with Gasteiger partial charge in [0.1, 0.15) is 6.04 Å². The van der Waals surface area contributed by atoms with Crippen LogP contribution in [-0.2, 0) is 4.79 Å². The number of carbonyl (C=O) groups is 2. The Morgan fingerprint density at radius 1 is 1.25 bits per heavy atom. The summed E-state index contributed by atoms with van der Waals surface area (Å²) in [4.78, 5) is 24.0. The number of carboxylic acid groups (broad SMARTS) is 1. The highest BCUT2D eigenvalue weighted by molar-refractivity contribution is 7.21. The second-order valence-electron chi connectivity index (χ2n) is 5.09. The van der Waals surface area contributed by atoms with E-state index in [1.807, 2.05) is 31.2 Å². The molecule has 1 heterocycles. The van der Waals surface area contributed by atoms with Crippen molar-refractivity contribution in [3.8, 4) is 0 Å². The Bertz CT molecular complexity index is 660. The van der Waals surface area contributed by atoms with Crippen LogP contribution in [0.3, 0.4) is 0 Å². The Kier molecular flexibility index (Phi) is 4.09. The Hall–Kier alpha value is -1.88. The normalized spacial score (nSPS) is 12.6. The van der Waals surface area contributed by atoms with Crippen molar-refractivity contribution in [3.63, 3.8) is 0 Å². The number of carboxylic acids is 1. The summed E-state index contributed by atoms with van der Waals surface area (Å²) in [6.07, 6.45) is 0. The SMILES string of the molecule is Cc1c(C(=O)N[C@@H](C(=O)O)C(C)C)sc2ccccc12. The van der Waals surface area contributed by atoms with Crippen LogP contribution < -0.4 is 5.32 Å². The van der Waals surface area contributed by atoms with Gasteiger partial charge in [-0.25, -0.2) is 4.79 Å². The summed E-state index contributed by atoms with van der Waals surface area (Å²) < 4.78 is 1.03. The van der Waals surface area contributed by atoms with Gasteiger partial charge >= 0.3 is 5.97 Å². The first kappa shape index (κ1) is 14.5. The highest BCUT2D eigenvalue weighted by Gasteiger charge is 2.25. The maximum Gasteiger partial charge on any atom is 0.326 e. The molecular formula is C15H17NO3S. The summed E-state index contributed by atoms with van der Waals surface area (Å²) in [7, 11) is 0. The van der Waals surface area contributed by atoms with E-state index in [-0.39, 0.29) is 11.8 Å². The first-order valence-electron chi connectivity index (χ1n) is 6.43. The smallest absolute Gasteiger partial charge is 0.326 e. The number of benzene rings is 1. The summed E-state index contributed by atoms with van der Waals surface area (Å²) in [6.45, 7) is 5.44. The largest absolute Gasteiger partial charge is 0.480 e. The lowest BCUT2D eigenvalue weighted by Crippen LogP contribution is -2.44. The monoisotopic (exact) mass is 291 g/mol. The molecule has 2 N–H and O–H groups in total. The Morgan fingerprint density at radius 2 is 1.90 bits per heavy atom. The molecule has 4 nitrogen and oxygen atoms in total. The number of aliphatic carboxylic acids is 1. The van der Waals surface area contributed by atoms with E-state index in [4.69, 9.17) is 5.11 Å². The molecule has 0 radical (unpaired) electrons. The number of nitrogens with one attached hydrogen (secondary N) is 1. The van der Waals surface area contributed by atoms with Crippen LogP contribution >= 0.6 is 11.3 Å².